The molecule has 3 rings (SSSR count). The molecule has 88 valence electrons. The van der Waals surface area contributed by atoms with Gasteiger partial charge in [-0.2, -0.15) is 4.98 Å². The zero-order chi connectivity index (χ0) is 12.0. The quantitative estimate of drug-likeness (QED) is 0.714. The zero-order valence-electron chi connectivity index (χ0n) is 9.59. The lowest BCUT2D eigenvalue weighted by Gasteiger charge is -2.04. The molecule has 0 aliphatic rings. The van der Waals surface area contributed by atoms with Crippen LogP contribution in [0.5, 0.6) is 0 Å². The van der Waals surface area contributed by atoms with Crippen molar-refractivity contribution in [3.63, 3.8) is 0 Å². The molecule has 0 unspecified atom stereocenters. The molecule has 0 bridgehead atoms. The summed E-state index contributed by atoms with van der Waals surface area (Å²) in [5, 5.41) is 4.80. The minimum absolute atomic E-state index is 0.573. The van der Waals surface area contributed by atoms with Gasteiger partial charge in [-0.3, -0.25) is 0 Å². The molecule has 3 aromatic rings. The van der Waals surface area contributed by atoms with Crippen molar-refractivity contribution in [2.75, 3.05) is 19.0 Å². The second-order valence-electron chi connectivity index (χ2n) is 3.82. The summed E-state index contributed by atoms with van der Waals surface area (Å²) in [5.74, 6) is 1.22. The van der Waals surface area contributed by atoms with Gasteiger partial charge in [0.1, 0.15) is 4.83 Å². The highest BCUT2D eigenvalue weighted by Gasteiger charge is 2.14. The van der Waals surface area contributed by atoms with Crippen molar-refractivity contribution in [3.8, 4) is 10.8 Å². The molecule has 0 saturated carbocycles. The first-order valence-corrected chi connectivity index (χ1v) is 6.65. The van der Waals surface area contributed by atoms with Crippen LogP contribution in [0.3, 0.4) is 0 Å². The number of thiazole rings is 1. The molecule has 0 saturated heterocycles. The molecule has 0 radical (unpaired) electrons. The van der Waals surface area contributed by atoms with E-state index in [2.05, 4.69) is 21.2 Å². The molecule has 3 aromatic heterocycles. The van der Waals surface area contributed by atoms with Gasteiger partial charge in [-0.05, 0) is 13.0 Å². The van der Waals surface area contributed by atoms with E-state index in [-0.39, 0.29) is 0 Å². The number of rotatable bonds is 2. The van der Waals surface area contributed by atoms with E-state index in [1.807, 2.05) is 25.9 Å². The van der Waals surface area contributed by atoms with Crippen LogP contribution in [0.2, 0.25) is 0 Å². The topological polar surface area (TPSA) is 55.1 Å². The smallest absolute Gasteiger partial charge is 0.268 e. The molecule has 3 heterocycles. The first-order chi connectivity index (χ1) is 8.13. The monoisotopic (exact) mass is 266 g/mol. The highest BCUT2D eigenvalue weighted by Crippen LogP contribution is 2.37. The molecule has 0 aliphatic carbocycles. The van der Waals surface area contributed by atoms with Crippen molar-refractivity contribution >= 4 is 37.3 Å². The van der Waals surface area contributed by atoms with E-state index in [0.29, 0.717) is 11.7 Å². The van der Waals surface area contributed by atoms with Crippen LogP contribution >= 0.6 is 22.7 Å². The fraction of sp³-hybridized carbons (Fsp3) is 0.300. The summed E-state index contributed by atoms with van der Waals surface area (Å²) in [6.45, 7) is 1.81. The van der Waals surface area contributed by atoms with Crippen molar-refractivity contribution in [2.24, 2.45) is 0 Å². The minimum atomic E-state index is 0.573. The first-order valence-electron chi connectivity index (χ1n) is 5.02. The highest BCUT2D eigenvalue weighted by molar-refractivity contribution is 7.30. The molecule has 0 aromatic carbocycles. The average molecular weight is 266 g/mol. The molecule has 0 spiro atoms. The Morgan fingerprint density at radius 2 is 2.06 bits per heavy atom. The van der Waals surface area contributed by atoms with Gasteiger partial charge in [0.2, 0.25) is 0 Å². The van der Waals surface area contributed by atoms with Crippen molar-refractivity contribution in [1.82, 2.24) is 15.1 Å². The maximum atomic E-state index is 5.14. The molecule has 0 fully saturated rings. The second kappa shape index (κ2) is 3.78. The standard InChI is InChI=1S/C10H10N4OS2/c1-5-11-8(15-13-5)6-4-7-9(16-6)12-10(17-7)14(2)3/h4H,1-3H3. The average Bonchev–Trinajstić information content (AvgIpc) is 2.88. The molecular formula is C10H10N4OS2. The Bertz CT molecular complexity index is 635. The lowest BCUT2D eigenvalue weighted by Crippen LogP contribution is -2.07. The van der Waals surface area contributed by atoms with Gasteiger partial charge in [-0.15, -0.1) is 11.3 Å². The molecule has 5 nitrogen and oxygen atoms in total. The third-order valence-corrected chi connectivity index (χ3v) is 4.52. The summed E-state index contributed by atoms with van der Waals surface area (Å²) in [4.78, 5) is 12.8. The van der Waals surface area contributed by atoms with Crippen LogP contribution in [0, 0.1) is 6.92 Å². The van der Waals surface area contributed by atoms with E-state index in [0.717, 1.165) is 19.5 Å². The van der Waals surface area contributed by atoms with E-state index < -0.39 is 0 Å². The molecule has 0 N–H and O–H groups in total. The first kappa shape index (κ1) is 10.7. The van der Waals surface area contributed by atoms with Gasteiger partial charge in [-0.1, -0.05) is 16.5 Å². The lowest BCUT2D eigenvalue weighted by atomic mass is 10.4. The van der Waals surface area contributed by atoms with E-state index >= 15 is 0 Å². The maximum absolute atomic E-state index is 5.14. The van der Waals surface area contributed by atoms with Gasteiger partial charge >= 0.3 is 0 Å². The number of hydrogen-bond acceptors (Lipinski definition) is 7. The van der Waals surface area contributed by atoms with Crippen LogP contribution in [0.15, 0.2) is 10.6 Å². The van der Waals surface area contributed by atoms with Crippen LogP contribution in [-0.2, 0) is 0 Å². The molecule has 0 aliphatic heterocycles. The maximum Gasteiger partial charge on any atom is 0.268 e. The van der Waals surface area contributed by atoms with Gasteiger partial charge in [0.15, 0.2) is 11.0 Å². The highest BCUT2D eigenvalue weighted by atomic mass is 32.1. The Balaban J connectivity index is 2.06. The van der Waals surface area contributed by atoms with Crippen LogP contribution in [-0.4, -0.2) is 29.2 Å². The van der Waals surface area contributed by atoms with E-state index in [9.17, 15) is 0 Å². The SMILES string of the molecule is Cc1noc(-c2cc3sc(N(C)C)nc3s2)n1. The van der Waals surface area contributed by atoms with Gasteiger partial charge in [-0.25, -0.2) is 4.98 Å². The summed E-state index contributed by atoms with van der Waals surface area (Å²) >= 11 is 3.24. The predicted molar refractivity (Wildman–Crippen MR) is 69.9 cm³/mol. The van der Waals surface area contributed by atoms with E-state index in [4.69, 9.17) is 4.52 Å². The lowest BCUT2D eigenvalue weighted by molar-refractivity contribution is 0.426. The minimum Gasteiger partial charge on any atom is -0.354 e. The van der Waals surface area contributed by atoms with Crippen molar-refractivity contribution < 1.29 is 4.52 Å². The van der Waals surface area contributed by atoms with E-state index in [1.165, 1.54) is 0 Å². The molecule has 7 heteroatoms. The van der Waals surface area contributed by atoms with Gasteiger partial charge in [0.05, 0.1) is 9.58 Å². The van der Waals surface area contributed by atoms with Gasteiger partial charge < -0.3 is 9.42 Å². The normalized spacial score (nSPS) is 11.2. The van der Waals surface area contributed by atoms with Crippen molar-refractivity contribution in [1.29, 1.82) is 0 Å². The number of thiophene rings is 1. The van der Waals surface area contributed by atoms with Crippen molar-refractivity contribution in [2.45, 2.75) is 6.92 Å². The number of anilines is 1. The number of fused-ring (bicyclic) bond motifs is 1. The Morgan fingerprint density at radius 1 is 1.24 bits per heavy atom. The van der Waals surface area contributed by atoms with Crippen LogP contribution < -0.4 is 4.90 Å². The third kappa shape index (κ3) is 1.81. The molecule has 0 amide bonds. The summed E-state index contributed by atoms with van der Waals surface area (Å²) in [6, 6.07) is 2.05. The fourth-order valence-corrected chi connectivity index (χ4v) is 3.47. The number of nitrogens with zero attached hydrogens (tertiary/aromatic N) is 4. The number of aryl methyl sites for hydroxylation is 1. The third-order valence-electron chi connectivity index (χ3n) is 2.20. The Labute approximate surface area is 106 Å². The van der Waals surface area contributed by atoms with Gasteiger partial charge in [0, 0.05) is 14.1 Å². The van der Waals surface area contributed by atoms with Crippen molar-refractivity contribution in [3.05, 3.63) is 11.9 Å². The van der Waals surface area contributed by atoms with Crippen LogP contribution in [0.25, 0.3) is 20.3 Å². The summed E-state index contributed by atoms with van der Waals surface area (Å²) < 4.78 is 6.30. The van der Waals surface area contributed by atoms with E-state index in [1.54, 1.807) is 22.7 Å². The zero-order valence-corrected chi connectivity index (χ0v) is 11.2. The predicted octanol–water partition coefficient (Wildman–Crippen LogP) is 2.78. The Kier molecular flexibility index (Phi) is 2.37. The summed E-state index contributed by atoms with van der Waals surface area (Å²) in [7, 11) is 3.98. The number of aromatic nitrogens is 3. The largest absolute Gasteiger partial charge is 0.354 e. The van der Waals surface area contributed by atoms with Crippen LogP contribution in [0.1, 0.15) is 5.82 Å². The Morgan fingerprint density at radius 3 is 2.65 bits per heavy atom. The van der Waals surface area contributed by atoms with Gasteiger partial charge in [0.25, 0.3) is 5.89 Å². The second-order valence-corrected chi connectivity index (χ2v) is 5.86. The summed E-state index contributed by atoms with van der Waals surface area (Å²) in [5.41, 5.74) is 0. The number of hydrogen-bond donors (Lipinski definition) is 0. The molecular weight excluding hydrogens is 256 g/mol. The molecule has 17 heavy (non-hydrogen) atoms. The Hall–Kier alpha value is -1.47. The summed E-state index contributed by atoms with van der Waals surface area (Å²) in [6.07, 6.45) is 0. The molecule has 0 atom stereocenters. The van der Waals surface area contributed by atoms with Crippen LogP contribution in [0.4, 0.5) is 5.13 Å². The fourth-order valence-electron chi connectivity index (χ4n) is 1.42.